The average molecular weight is 342 g/mol. The second-order valence-corrected chi connectivity index (χ2v) is 5.45. The fourth-order valence-electron chi connectivity index (χ4n) is 2.26. The van der Waals surface area contributed by atoms with Crippen molar-refractivity contribution in [2.45, 2.75) is 18.7 Å². The van der Waals surface area contributed by atoms with E-state index in [0.29, 0.717) is 18.5 Å². The number of amides is 2. The first-order chi connectivity index (χ1) is 11.3. The van der Waals surface area contributed by atoms with Gasteiger partial charge in [0.15, 0.2) is 0 Å². The van der Waals surface area contributed by atoms with Crippen LogP contribution in [0.3, 0.4) is 0 Å². The van der Waals surface area contributed by atoms with Crippen LogP contribution in [0.25, 0.3) is 6.08 Å². The van der Waals surface area contributed by atoms with E-state index in [4.69, 9.17) is 0 Å². The molecule has 0 spiro atoms. The monoisotopic (exact) mass is 342 g/mol. The Balaban J connectivity index is 1.81. The summed E-state index contributed by atoms with van der Waals surface area (Å²) in [5, 5.41) is 11.7. The third kappa shape index (κ3) is 5.09. The van der Waals surface area contributed by atoms with Crippen LogP contribution in [0.4, 0.5) is 13.2 Å². The minimum atomic E-state index is -4.40. The van der Waals surface area contributed by atoms with Gasteiger partial charge in [-0.2, -0.15) is 13.2 Å². The second kappa shape index (κ2) is 7.48. The van der Waals surface area contributed by atoms with Gasteiger partial charge in [-0.15, -0.1) is 0 Å². The Labute approximate surface area is 136 Å². The van der Waals surface area contributed by atoms with Gasteiger partial charge < -0.3 is 15.3 Å². The molecular formula is C16H17F3N2O3. The highest BCUT2D eigenvalue weighted by molar-refractivity contribution is 5.94. The van der Waals surface area contributed by atoms with Crippen molar-refractivity contribution in [3.63, 3.8) is 0 Å². The number of nitrogens with one attached hydrogen (secondary N) is 1. The second-order valence-electron chi connectivity index (χ2n) is 5.45. The molecule has 1 atom stereocenters. The molecule has 1 aromatic carbocycles. The highest BCUT2D eigenvalue weighted by Gasteiger charge is 2.29. The predicted octanol–water partition coefficient (Wildman–Crippen LogP) is 1.43. The van der Waals surface area contributed by atoms with Crippen LogP contribution in [0.1, 0.15) is 17.5 Å². The molecule has 1 heterocycles. The summed E-state index contributed by atoms with van der Waals surface area (Å²) in [5.74, 6) is -0.814. The van der Waals surface area contributed by atoms with Crippen LogP contribution in [0, 0.1) is 0 Å². The lowest BCUT2D eigenvalue weighted by Gasteiger charge is -2.15. The molecule has 1 fully saturated rings. The number of hydrogen-bond donors (Lipinski definition) is 2. The maximum Gasteiger partial charge on any atom is 0.416 e. The highest BCUT2D eigenvalue weighted by Crippen LogP contribution is 2.29. The molecule has 1 aromatic rings. The van der Waals surface area contributed by atoms with Crippen molar-refractivity contribution in [1.29, 1.82) is 0 Å². The van der Waals surface area contributed by atoms with Crippen LogP contribution in [-0.4, -0.2) is 47.6 Å². The first-order valence-electron chi connectivity index (χ1n) is 7.35. The van der Waals surface area contributed by atoms with E-state index in [1.165, 1.54) is 23.1 Å². The number of aliphatic hydroxyl groups excluding tert-OH is 1. The molecule has 0 unspecified atom stereocenters. The third-order valence-corrected chi connectivity index (χ3v) is 3.60. The Hall–Kier alpha value is -2.35. The average Bonchev–Trinajstić information content (AvgIpc) is 2.96. The number of alkyl halides is 3. The van der Waals surface area contributed by atoms with Crippen molar-refractivity contribution in [3.05, 3.63) is 41.5 Å². The van der Waals surface area contributed by atoms with Gasteiger partial charge in [-0.3, -0.25) is 9.59 Å². The van der Waals surface area contributed by atoms with Gasteiger partial charge in [-0.1, -0.05) is 12.1 Å². The van der Waals surface area contributed by atoms with Crippen molar-refractivity contribution in [2.24, 2.45) is 0 Å². The quantitative estimate of drug-likeness (QED) is 0.814. The molecule has 2 amide bonds. The van der Waals surface area contributed by atoms with Gasteiger partial charge in [0.2, 0.25) is 11.8 Å². The first-order valence-corrected chi connectivity index (χ1v) is 7.35. The number of aliphatic hydroxyl groups is 1. The Morgan fingerprint density at radius 3 is 2.50 bits per heavy atom. The summed E-state index contributed by atoms with van der Waals surface area (Å²) in [7, 11) is 0. The molecule has 1 aliphatic rings. The SMILES string of the molecule is O=C(/C=C/c1ccc(C(F)(F)F)cc1)NCC(=O)N1CC[C@@H](O)C1. The summed E-state index contributed by atoms with van der Waals surface area (Å²) in [6, 6.07) is 4.37. The van der Waals surface area contributed by atoms with Crippen LogP contribution in [0.15, 0.2) is 30.3 Å². The summed E-state index contributed by atoms with van der Waals surface area (Å²) >= 11 is 0. The van der Waals surface area contributed by atoms with E-state index >= 15 is 0 Å². The highest BCUT2D eigenvalue weighted by atomic mass is 19.4. The minimum Gasteiger partial charge on any atom is -0.391 e. The predicted molar refractivity (Wildman–Crippen MR) is 80.7 cm³/mol. The van der Waals surface area contributed by atoms with E-state index in [1.807, 2.05) is 0 Å². The normalized spacial score (nSPS) is 18.2. The maximum absolute atomic E-state index is 12.4. The van der Waals surface area contributed by atoms with E-state index in [1.54, 1.807) is 0 Å². The van der Waals surface area contributed by atoms with Crippen molar-refractivity contribution >= 4 is 17.9 Å². The zero-order chi connectivity index (χ0) is 17.7. The van der Waals surface area contributed by atoms with Crippen LogP contribution >= 0.6 is 0 Å². The van der Waals surface area contributed by atoms with Crippen molar-refractivity contribution < 1.29 is 27.9 Å². The van der Waals surface area contributed by atoms with E-state index in [-0.39, 0.29) is 19.0 Å². The van der Waals surface area contributed by atoms with Crippen molar-refractivity contribution in [3.8, 4) is 0 Å². The number of β-amino-alcohol motifs (C(OH)–C–C–N with tert-alkyl or cyclic N) is 1. The van der Waals surface area contributed by atoms with Crippen molar-refractivity contribution in [2.75, 3.05) is 19.6 Å². The largest absolute Gasteiger partial charge is 0.416 e. The lowest BCUT2D eigenvalue weighted by atomic mass is 10.1. The zero-order valence-electron chi connectivity index (χ0n) is 12.7. The van der Waals surface area contributed by atoms with Gasteiger partial charge in [0.25, 0.3) is 0 Å². The molecule has 5 nitrogen and oxygen atoms in total. The van der Waals surface area contributed by atoms with E-state index < -0.39 is 23.8 Å². The molecule has 2 N–H and O–H groups in total. The lowest BCUT2D eigenvalue weighted by Crippen LogP contribution is -2.38. The molecule has 2 rings (SSSR count). The molecule has 1 saturated heterocycles. The van der Waals surface area contributed by atoms with Gasteiger partial charge >= 0.3 is 6.18 Å². The smallest absolute Gasteiger partial charge is 0.391 e. The minimum absolute atomic E-state index is 0.192. The van der Waals surface area contributed by atoms with Crippen molar-refractivity contribution in [1.82, 2.24) is 10.2 Å². The summed E-state index contributed by atoms with van der Waals surface area (Å²) in [4.78, 5) is 24.9. The maximum atomic E-state index is 12.4. The number of carbonyl (C=O) groups is 2. The molecule has 24 heavy (non-hydrogen) atoms. The van der Waals surface area contributed by atoms with Crippen LogP contribution in [-0.2, 0) is 15.8 Å². The van der Waals surface area contributed by atoms with E-state index in [9.17, 15) is 27.9 Å². The van der Waals surface area contributed by atoms with E-state index in [0.717, 1.165) is 18.2 Å². The van der Waals surface area contributed by atoms with Gasteiger partial charge in [-0.05, 0) is 30.2 Å². The Bertz CT molecular complexity index is 626. The summed E-state index contributed by atoms with van der Waals surface area (Å²) < 4.78 is 37.3. The molecule has 0 saturated carbocycles. The molecule has 0 radical (unpaired) electrons. The van der Waals surface area contributed by atoms with Crippen LogP contribution < -0.4 is 5.32 Å². The van der Waals surface area contributed by atoms with Gasteiger partial charge in [0.05, 0.1) is 18.2 Å². The number of nitrogens with zero attached hydrogens (tertiary/aromatic N) is 1. The number of carbonyl (C=O) groups excluding carboxylic acids is 2. The number of benzene rings is 1. The molecule has 1 aliphatic heterocycles. The van der Waals surface area contributed by atoms with Crippen LogP contribution in [0.5, 0.6) is 0 Å². The number of likely N-dealkylation sites (tertiary alicyclic amines) is 1. The molecule has 0 aliphatic carbocycles. The van der Waals surface area contributed by atoms with Gasteiger partial charge in [0, 0.05) is 19.2 Å². The third-order valence-electron chi connectivity index (χ3n) is 3.60. The number of halogens is 3. The van der Waals surface area contributed by atoms with Crippen LogP contribution in [0.2, 0.25) is 0 Å². The Kier molecular flexibility index (Phi) is 5.61. The molecule has 0 bridgehead atoms. The standard InChI is InChI=1S/C16H17F3N2O3/c17-16(18,19)12-4-1-11(2-5-12)3-6-14(23)20-9-15(24)21-8-7-13(22)10-21/h1-6,13,22H,7-10H2,(H,20,23)/b6-3+/t13-/m1/s1. The van der Waals surface area contributed by atoms with Gasteiger partial charge in [-0.25, -0.2) is 0 Å². The molecular weight excluding hydrogens is 325 g/mol. The summed E-state index contributed by atoms with van der Waals surface area (Å²) in [5.41, 5.74) is -0.324. The summed E-state index contributed by atoms with van der Waals surface area (Å²) in [6.07, 6.45) is -1.89. The first kappa shape index (κ1) is 18.0. The molecule has 8 heteroatoms. The molecule has 0 aromatic heterocycles. The fourth-order valence-corrected chi connectivity index (χ4v) is 2.26. The Morgan fingerprint density at radius 2 is 1.96 bits per heavy atom. The van der Waals surface area contributed by atoms with E-state index in [2.05, 4.69) is 5.32 Å². The zero-order valence-corrected chi connectivity index (χ0v) is 12.7. The summed E-state index contributed by atoms with van der Waals surface area (Å²) in [6.45, 7) is 0.524. The molecule has 130 valence electrons. The lowest BCUT2D eigenvalue weighted by molar-refractivity contribution is -0.137. The van der Waals surface area contributed by atoms with Gasteiger partial charge in [0.1, 0.15) is 0 Å². The number of rotatable bonds is 4. The Morgan fingerprint density at radius 1 is 1.29 bits per heavy atom. The topological polar surface area (TPSA) is 69.6 Å². The fraction of sp³-hybridized carbons (Fsp3) is 0.375. The number of hydrogen-bond acceptors (Lipinski definition) is 3.